The number of allylic oxidation sites excluding steroid dienone is 3. The maximum absolute atomic E-state index is 13.6. The van der Waals surface area contributed by atoms with Gasteiger partial charge in [-0.05, 0) is 47.9 Å². The largest absolute Gasteiger partial charge is 0.875 e. The number of carbonyl (C=O) groups is 1. The third-order valence-electron chi connectivity index (χ3n) is 6.86. The van der Waals surface area contributed by atoms with Crippen molar-refractivity contribution < 1.29 is 33.6 Å². The maximum Gasteiger partial charge on any atom is 0.337 e. The summed E-state index contributed by atoms with van der Waals surface area (Å²) >= 11 is 0. The molecular formula is C27H32N3O5+. The highest BCUT2D eigenvalue weighted by atomic mass is 16.7. The lowest BCUT2D eigenvalue weighted by atomic mass is 9.69. The Balaban J connectivity index is 1.53. The minimum atomic E-state index is -0.542. The van der Waals surface area contributed by atoms with E-state index in [-0.39, 0.29) is 24.6 Å². The third-order valence-corrected chi connectivity index (χ3v) is 6.86. The zero-order valence-corrected chi connectivity index (χ0v) is 20.7. The van der Waals surface area contributed by atoms with Gasteiger partial charge in [-0.3, -0.25) is 4.99 Å². The van der Waals surface area contributed by atoms with Crippen molar-refractivity contribution in [2.45, 2.75) is 46.0 Å². The Morgan fingerprint density at radius 3 is 2.83 bits per heavy atom. The van der Waals surface area contributed by atoms with E-state index in [2.05, 4.69) is 13.8 Å². The molecule has 3 aliphatic heterocycles. The number of hydrogen-bond acceptors (Lipinski definition) is 6. The number of carbonyl (C=O) groups excluding carboxylic acids is 1. The molecule has 0 saturated carbocycles. The Morgan fingerprint density at radius 2 is 2.09 bits per heavy atom. The minimum Gasteiger partial charge on any atom is -0.875 e. The first kappa shape index (κ1) is 23.4. The van der Waals surface area contributed by atoms with Crippen LogP contribution in [0.2, 0.25) is 0 Å². The normalized spacial score (nSPS) is 24.3. The van der Waals surface area contributed by atoms with Gasteiger partial charge in [0.05, 0.1) is 11.3 Å². The molecule has 0 radical (unpaired) electrons. The summed E-state index contributed by atoms with van der Waals surface area (Å²) in [4.78, 5) is 19.5. The van der Waals surface area contributed by atoms with E-state index in [1.807, 2.05) is 55.5 Å². The van der Waals surface area contributed by atoms with Crippen molar-refractivity contribution in [3.63, 3.8) is 0 Å². The van der Waals surface area contributed by atoms with E-state index in [4.69, 9.17) is 19.2 Å². The second-order valence-electron chi connectivity index (χ2n) is 10.2. The van der Waals surface area contributed by atoms with E-state index < -0.39 is 11.9 Å². The average Bonchev–Trinajstić information content (AvgIpc) is 3.44. The predicted octanol–water partition coefficient (Wildman–Crippen LogP) is 1.64. The van der Waals surface area contributed by atoms with Crippen molar-refractivity contribution in [3.05, 3.63) is 58.8 Å². The van der Waals surface area contributed by atoms with Crippen LogP contribution in [0.3, 0.4) is 0 Å². The maximum atomic E-state index is 13.6. The number of rotatable bonds is 6. The monoisotopic (exact) mass is 478 g/mol. The van der Waals surface area contributed by atoms with Gasteiger partial charge >= 0.3 is 12.3 Å². The molecule has 0 saturated heterocycles. The molecule has 1 aromatic rings. The van der Waals surface area contributed by atoms with Gasteiger partial charge in [-0.2, -0.15) is 4.58 Å². The topological polar surface area (TPSA) is 87.6 Å². The van der Waals surface area contributed by atoms with Crippen molar-refractivity contribution in [2.75, 3.05) is 27.0 Å². The summed E-state index contributed by atoms with van der Waals surface area (Å²) in [6, 6.07) is 5.62. The van der Waals surface area contributed by atoms with Gasteiger partial charge in [-0.15, -0.1) is 5.76 Å². The second kappa shape index (κ2) is 9.00. The Labute approximate surface area is 205 Å². The van der Waals surface area contributed by atoms with Crippen LogP contribution in [0.1, 0.15) is 51.5 Å². The number of aliphatic imine (C=N–C) groups is 1. The van der Waals surface area contributed by atoms with Crippen LogP contribution in [0.4, 0.5) is 0 Å². The number of quaternary nitrogens is 1. The Hall–Kier alpha value is -3.39. The van der Waals surface area contributed by atoms with E-state index in [0.29, 0.717) is 54.1 Å². The number of fused-ring (bicyclic) bond motifs is 2. The third kappa shape index (κ3) is 4.50. The van der Waals surface area contributed by atoms with Gasteiger partial charge in [0.2, 0.25) is 13.0 Å². The highest BCUT2D eigenvalue weighted by Crippen LogP contribution is 2.48. The number of benzene rings is 1. The summed E-state index contributed by atoms with van der Waals surface area (Å²) in [5.74, 6) is 0.345. The van der Waals surface area contributed by atoms with Crippen molar-refractivity contribution in [1.29, 1.82) is 0 Å². The van der Waals surface area contributed by atoms with Crippen molar-refractivity contribution in [1.82, 2.24) is 0 Å². The predicted molar refractivity (Wildman–Crippen MR) is 128 cm³/mol. The van der Waals surface area contributed by atoms with E-state index in [0.717, 1.165) is 16.2 Å². The number of nitrogens with zero attached hydrogens (tertiary/aromatic N) is 2. The van der Waals surface area contributed by atoms with E-state index >= 15 is 0 Å². The highest BCUT2D eigenvalue weighted by Gasteiger charge is 2.40. The van der Waals surface area contributed by atoms with Gasteiger partial charge in [0, 0.05) is 11.6 Å². The summed E-state index contributed by atoms with van der Waals surface area (Å²) in [6.45, 7) is 7.18. The number of hydrogen-bond donors (Lipinski definition) is 1. The number of ether oxygens (including phenoxy) is 3. The minimum absolute atomic E-state index is 0.0346. The summed E-state index contributed by atoms with van der Waals surface area (Å²) < 4.78 is 18.8. The molecule has 1 aromatic carbocycles. The second-order valence-corrected chi connectivity index (χ2v) is 10.2. The van der Waals surface area contributed by atoms with E-state index in [1.54, 1.807) is 0 Å². The molecule has 1 N–H and O–H groups in total. The zero-order chi connectivity index (χ0) is 24.7. The molecule has 8 heteroatoms. The molecule has 0 fully saturated rings. The first-order chi connectivity index (χ1) is 16.8. The van der Waals surface area contributed by atoms with Crippen molar-refractivity contribution in [3.8, 4) is 11.5 Å². The summed E-state index contributed by atoms with van der Waals surface area (Å²) in [5.41, 5.74) is 3.16. The SMILES string of the molecule is CCC1=C(C(=O)OCC[NH+]2C=C[N+](C)=C2)C(c2ccc3c(c2)OCO3)C2=C([O-])CC(C)(C)CC2=N1. The molecule has 2 unspecified atom stereocenters. The van der Waals surface area contributed by atoms with Crippen molar-refractivity contribution >= 4 is 18.0 Å². The van der Waals surface area contributed by atoms with Crippen LogP contribution in [-0.4, -0.2) is 49.6 Å². The van der Waals surface area contributed by atoms with Crippen LogP contribution in [0.25, 0.3) is 0 Å². The molecule has 35 heavy (non-hydrogen) atoms. The summed E-state index contributed by atoms with van der Waals surface area (Å²) in [6.07, 6.45) is 7.66. The molecule has 1 aliphatic carbocycles. The van der Waals surface area contributed by atoms with Crippen molar-refractivity contribution in [2.24, 2.45) is 10.4 Å². The smallest absolute Gasteiger partial charge is 0.337 e. The quantitative estimate of drug-likeness (QED) is 0.496. The molecule has 0 spiro atoms. The fourth-order valence-electron chi connectivity index (χ4n) is 5.24. The molecule has 4 aliphatic rings. The molecule has 0 aromatic heterocycles. The number of nitrogens with one attached hydrogen (secondary N) is 1. The average molecular weight is 479 g/mol. The molecular weight excluding hydrogens is 446 g/mol. The molecule has 8 nitrogen and oxygen atoms in total. The lowest BCUT2D eigenvalue weighted by molar-refractivity contribution is -0.749. The Morgan fingerprint density at radius 1 is 1.29 bits per heavy atom. The summed E-state index contributed by atoms with van der Waals surface area (Å²) in [7, 11) is 1.96. The Bertz CT molecular complexity index is 1220. The zero-order valence-electron chi connectivity index (χ0n) is 20.7. The molecule has 5 rings (SSSR count). The van der Waals surface area contributed by atoms with E-state index in [9.17, 15) is 9.90 Å². The summed E-state index contributed by atoms with van der Waals surface area (Å²) in [5, 5.41) is 13.5. The lowest BCUT2D eigenvalue weighted by Crippen LogP contribution is -3.06. The molecule has 0 bridgehead atoms. The van der Waals surface area contributed by atoms with Gasteiger partial charge in [-0.25, -0.2) is 9.69 Å². The van der Waals surface area contributed by atoms with Crippen LogP contribution in [0.15, 0.2) is 58.2 Å². The molecule has 2 atom stereocenters. The van der Waals surface area contributed by atoms with Gasteiger partial charge in [0.25, 0.3) is 0 Å². The van der Waals surface area contributed by atoms with E-state index in [1.165, 1.54) is 0 Å². The van der Waals surface area contributed by atoms with Crippen LogP contribution < -0.4 is 19.5 Å². The first-order valence-corrected chi connectivity index (χ1v) is 12.1. The van der Waals surface area contributed by atoms with Crippen LogP contribution >= 0.6 is 0 Å². The van der Waals surface area contributed by atoms with Gasteiger partial charge < -0.3 is 19.3 Å². The lowest BCUT2D eigenvalue weighted by Gasteiger charge is -2.42. The standard InChI is InChI=1S/C27H31N3O5/c1-5-18-25(26(32)33-11-10-30-9-8-29(4)15-30)23(17-6-7-21-22(12-17)35-16-34-21)24-19(28-18)13-27(2,3)14-20(24)31/h6-9,12,15,23H,5,10-11,13-14,16H2,1-4H3/p+1. The highest BCUT2D eigenvalue weighted by molar-refractivity contribution is 6.09. The van der Waals surface area contributed by atoms with Crippen LogP contribution in [0, 0.1) is 5.41 Å². The fraction of sp³-hybridized carbons (Fsp3) is 0.444. The van der Waals surface area contributed by atoms with Gasteiger partial charge in [0.15, 0.2) is 17.7 Å². The first-order valence-electron chi connectivity index (χ1n) is 12.1. The molecule has 184 valence electrons. The Kier molecular flexibility index (Phi) is 6.01. The van der Waals surface area contributed by atoms with Crippen LogP contribution in [-0.2, 0) is 9.53 Å². The molecule has 0 amide bonds. The number of esters is 1. The van der Waals surface area contributed by atoms with Crippen LogP contribution in [0.5, 0.6) is 11.5 Å². The van der Waals surface area contributed by atoms with Gasteiger partial charge in [0.1, 0.15) is 20.2 Å². The van der Waals surface area contributed by atoms with Gasteiger partial charge in [-0.1, -0.05) is 26.8 Å². The molecule has 3 heterocycles. The fourth-order valence-corrected chi connectivity index (χ4v) is 5.24.